The van der Waals surface area contributed by atoms with E-state index in [0.29, 0.717) is 17.4 Å². The zero-order valence-corrected chi connectivity index (χ0v) is 10.5. The Morgan fingerprint density at radius 1 is 1.17 bits per heavy atom. The van der Waals surface area contributed by atoms with Crippen molar-refractivity contribution in [1.29, 1.82) is 0 Å². The SMILES string of the molecule is O=C([C@H](O)c1ccccc1)N1C[C@H]2CCC[C@H]2C1. The first kappa shape index (κ1) is 11.7. The van der Waals surface area contributed by atoms with Crippen LogP contribution in [0.1, 0.15) is 30.9 Å². The number of benzene rings is 1. The summed E-state index contributed by atoms with van der Waals surface area (Å²) in [5.41, 5.74) is 0.694. The molecule has 0 unspecified atom stereocenters. The Balaban J connectivity index is 1.68. The van der Waals surface area contributed by atoms with Crippen molar-refractivity contribution in [2.45, 2.75) is 25.4 Å². The van der Waals surface area contributed by atoms with Gasteiger partial charge in [-0.2, -0.15) is 0 Å². The number of carbonyl (C=O) groups excluding carboxylic acids is 1. The Kier molecular flexibility index (Phi) is 3.08. The topological polar surface area (TPSA) is 40.5 Å². The van der Waals surface area contributed by atoms with Crippen LogP contribution in [0.25, 0.3) is 0 Å². The first-order valence-electron chi connectivity index (χ1n) is 6.77. The Hall–Kier alpha value is -1.35. The monoisotopic (exact) mass is 245 g/mol. The zero-order chi connectivity index (χ0) is 12.5. The Labute approximate surface area is 107 Å². The number of rotatable bonds is 2. The lowest BCUT2D eigenvalue weighted by Gasteiger charge is -2.21. The summed E-state index contributed by atoms with van der Waals surface area (Å²) in [6.07, 6.45) is 2.80. The summed E-state index contributed by atoms with van der Waals surface area (Å²) >= 11 is 0. The van der Waals surface area contributed by atoms with E-state index in [1.165, 1.54) is 19.3 Å². The van der Waals surface area contributed by atoms with Gasteiger partial charge in [-0.15, -0.1) is 0 Å². The third-order valence-electron chi connectivity index (χ3n) is 4.39. The largest absolute Gasteiger partial charge is 0.378 e. The number of aliphatic hydroxyl groups is 1. The van der Waals surface area contributed by atoms with Gasteiger partial charge in [0.2, 0.25) is 0 Å². The molecule has 3 heteroatoms. The number of carbonyl (C=O) groups is 1. The van der Waals surface area contributed by atoms with Crippen LogP contribution in [-0.2, 0) is 4.79 Å². The molecule has 0 aromatic heterocycles. The summed E-state index contributed by atoms with van der Waals surface area (Å²) in [5, 5.41) is 10.1. The summed E-state index contributed by atoms with van der Waals surface area (Å²) in [5.74, 6) is 1.23. The minimum Gasteiger partial charge on any atom is -0.378 e. The van der Waals surface area contributed by atoms with E-state index in [1.54, 1.807) is 12.1 Å². The molecule has 3 atom stereocenters. The van der Waals surface area contributed by atoms with E-state index in [0.717, 1.165) is 13.1 Å². The van der Waals surface area contributed by atoms with Crippen LogP contribution in [-0.4, -0.2) is 29.0 Å². The fourth-order valence-corrected chi connectivity index (χ4v) is 3.37. The van der Waals surface area contributed by atoms with Crippen molar-refractivity contribution < 1.29 is 9.90 Å². The molecule has 0 bridgehead atoms. The molecule has 1 N–H and O–H groups in total. The van der Waals surface area contributed by atoms with E-state index in [9.17, 15) is 9.90 Å². The highest BCUT2D eigenvalue weighted by molar-refractivity contribution is 5.82. The summed E-state index contributed by atoms with van der Waals surface area (Å²) in [6.45, 7) is 1.68. The zero-order valence-electron chi connectivity index (χ0n) is 10.5. The molecule has 96 valence electrons. The van der Waals surface area contributed by atoms with E-state index in [4.69, 9.17) is 0 Å². The highest BCUT2D eigenvalue weighted by Gasteiger charge is 2.39. The molecule has 2 fully saturated rings. The lowest BCUT2D eigenvalue weighted by Crippen LogP contribution is -2.34. The van der Waals surface area contributed by atoms with Crippen LogP contribution < -0.4 is 0 Å². The molecule has 1 aromatic rings. The van der Waals surface area contributed by atoms with Gasteiger partial charge in [0, 0.05) is 13.1 Å². The van der Waals surface area contributed by atoms with Crippen LogP contribution in [0.15, 0.2) is 30.3 Å². The maximum Gasteiger partial charge on any atom is 0.256 e. The van der Waals surface area contributed by atoms with Crippen LogP contribution in [0.2, 0.25) is 0 Å². The van der Waals surface area contributed by atoms with Gasteiger partial charge in [-0.1, -0.05) is 36.8 Å². The molecule has 1 aromatic carbocycles. The lowest BCUT2D eigenvalue weighted by atomic mass is 10.0. The minimum absolute atomic E-state index is 0.129. The van der Waals surface area contributed by atoms with Crippen molar-refractivity contribution in [3.8, 4) is 0 Å². The van der Waals surface area contributed by atoms with Gasteiger partial charge in [-0.3, -0.25) is 4.79 Å². The highest BCUT2D eigenvalue weighted by Crippen LogP contribution is 2.38. The molecular formula is C15H19NO2. The van der Waals surface area contributed by atoms with Crippen LogP contribution in [0.5, 0.6) is 0 Å². The van der Waals surface area contributed by atoms with Gasteiger partial charge in [0.15, 0.2) is 6.10 Å². The first-order valence-corrected chi connectivity index (χ1v) is 6.77. The molecular weight excluding hydrogens is 226 g/mol. The third kappa shape index (κ3) is 2.03. The Morgan fingerprint density at radius 3 is 2.39 bits per heavy atom. The predicted molar refractivity (Wildman–Crippen MR) is 68.8 cm³/mol. The normalized spacial score (nSPS) is 28.2. The van der Waals surface area contributed by atoms with Crippen LogP contribution in [0.3, 0.4) is 0 Å². The summed E-state index contributed by atoms with van der Waals surface area (Å²) in [7, 11) is 0. The van der Waals surface area contributed by atoms with E-state index in [1.807, 2.05) is 23.1 Å². The third-order valence-corrected chi connectivity index (χ3v) is 4.39. The van der Waals surface area contributed by atoms with Crippen molar-refractivity contribution in [3.63, 3.8) is 0 Å². The smallest absolute Gasteiger partial charge is 0.256 e. The van der Waals surface area contributed by atoms with Crippen LogP contribution in [0, 0.1) is 11.8 Å². The van der Waals surface area contributed by atoms with Crippen molar-refractivity contribution in [1.82, 2.24) is 4.90 Å². The van der Waals surface area contributed by atoms with Gasteiger partial charge < -0.3 is 10.0 Å². The summed E-state index contributed by atoms with van der Waals surface area (Å²) in [6, 6.07) is 9.20. The number of amides is 1. The number of fused-ring (bicyclic) bond motifs is 1. The molecule has 1 saturated heterocycles. The van der Waals surface area contributed by atoms with E-state index in [2.05, 4.69) is 0 Å². The number of nitrogens with zero attached hydrogens (tertiary/aromatic N) is 1. The van der Waals surface area contributed by atoms with Crippen molar-refractivity contribution in [3.05, 3.63) is 35.9 Å². The molecule has 1 aliphatic heterocycles. The van der Waals surface area contributed by atoms with Gasteiger partial charge in [-0.05, 0) is 30.2 Å². The Morgan fingerprint density at radius 2 is 1.78 bits per heavy atom. The molecule has 0 radical (unpaired) electrons. The molecule has 3 nitrogen and oxygen atoms in total. The average molecular weight is 245 g/mol. The molecule has 1 heterocycles. The average Bonchev–Trinajstić information content (AvgIpc) is 2.99. The molecule has 0 spiro atoms. The number of likely N-dealkylation sites (tertiary alicyclic amines) is 1. The second-order valence-electron chi connectivity index (χ2n) is 5.51. The molecule has 3 rings (SSSR count). The molecule has 1 aliphatic carbocycles. The second kappa shape index (κ2) is 4.73. The lowest BCUT2D eigenvalue weighted by molar-refractivity contribution is -0.139. The standard InChI is InChI=1S/C15H19NO2/c17-14(11-5-2-1-3-6-11)15(18)16-9-12-7-4-8-13(12)10-16/h1-3,5-6,12-14,17H,4,7-10H2/t12-,13+,14-/m1/s1. The van der Waals surface area contributed by atoms with Gasteiger partial charge in [0.05, 0.1) is 0 Å². The molecule has 18 heavy (non-hydrogen) atoms. The van der Waals surface area contributed by atoms with Crippen LogP contribution in [0.4, 0.5) is 0 Å². The van der Waals surface area contributed by atoms with Crippen molar-refractivity contribution in [2.75, 3.05) is 13.1 Å². The fourth-order valence-electron chi connectivity index (χ4n) is 3.37. The van der Waals surface area contributed by atoms with E-state index in [-0.39, 0.29) is 5.91 Å². The summed E-state index contributed by atoms with van der Waals surface area (Å²) in [4.78, 5) is 14.1. The van der Waals surface area contributed by atoms with Crippen LogP contribution >= 0.6 is 0 Å². The van der Waals surface area contributed by atoms with Crippen molar-refractivity contribution in [2.24, 2.45) is 11.8 Å². The quantitative estimate of drug-likeness (QED) is 0.865. The maximum atomic E-state index is 12.3. The molecule has 1 saturated carbocycles. The number of hydrogen-bond donors (Lipinski definition) is 1. The maximum absolute atomic E-state index is 12.3. The number of hydrogen-bond acceptors (Lipinski definition) is 2. The predicted octanol–water partition coefficient (Wildman–Crippen LogP) is 1.98. The first-order chi connectivity index (χ1) is 8.75. The Bertz CT molecular complexity index is 419. The minimum atomic E-state index is -0.995. The second-order valence-corrected chi connectivity index (χ2v) is 5.51. The van der Waals surface area contributed by atoms with Gasteiger partial charge >= 0.3 is 0 Å². The van der Waals surface area contributed by atoms with Gasteiger partial charge in [-0.25, -0.2) is 0 Å². The fraction of sp³-hybridized carbons (Fsp3) is 0.533. The van der Waals surface area contributed by atoms with E-state index >= 15 is 0 Å². The van der Waals surface area contributed by atoms with Gasteiger partial charge in [0.25, 0.3) is 5.91 Å². The summed E-state index contributed by atoms with van der Waals surface area (Å²) < 4.78 is 0. The van der Waals surface area contributed by atoms with Crippen molar-refractivity contribution >= 4 is 5.91 Å². The van der Waals surface area contributed by atoms with Gasteiger partial charge in [0.1, 0.15) is 0 Å². The molecule has 1 amide bonds. The molecule has 2 aliphatic rings. The van der Waals surface area contributed by atoms with E-state index < -0.39 is 6.10 Å². The highest BCUT2D eigenvalue weighted by atomic mass is 16.3. The number of aliphatic hydroxyl groups excluding tert-OH is 1.